The zero-order chi connectivity index (χ0) is 15.8. The van der Waals surface area contributed by atoms with Crippen LogP contribution in [0.2, 0.25) is 0 Å². The third-order valence-corrected chi connectivity index (χ3v) is 5.79. The van der Waals surface area contributed by atoms with Crippen LogP contribution >= 0.6 is 15.9 Å². The van der Waals surface area contributed by atoms with Crippen molar-refractivity contribution in [2.75, 3.05) is 18.1 Å². The molecule has 0 aliphatic carbocycles. The van der Waals surface area contributed by atoms with E-state index in [1.807, 2.05) is 0 Å². The van der Waals surface area contributed by atoms with Gasteiger partial charge in [-0.05, 0) is 35.0 Å². The molecule has 0 radical (unpaired) electrons. The highest BCUT2D eigenvalue weighted by atomic mass is 79.9. The molecule has 1 amide bonds. The van der Waals surface area contributed by atoms with Gasteiger partial charge < -0.3 is 4.90 Å². The van der Waals surface area contributed by atoms with Crippen LogP contribution in [0, 0.1) is 10.1 Å². The summed E-state index contributed by atoms with van der Waals surface area (Å²) in [7, 11) is -3.12. The second-order valence-corrected chi connectivity index (χ2v) is 7.97. The number of carbonyl (C=O) groups excluding carboxylic acids is 1. The summed E-state index contributed by atoms with van der Waals surface area (Å²) in [6.07, 6.45) is 0. The number of halogens is 1. The molecule has 7 nitrogen and oxygen atoms in total. The molecule has 1 saturated heterocycles. The molecular formula is C12H13BrN2O5S. The van der Waals surface area contributed by atoms with Crippen LogP contribution in [0.25, 0.3) is 0 Å². The molecule has 0 spiro atoms. The molecule has 1 aliphatic heterocycles. The number of carbonyl (C=O) groups is 1. The van der Waals surface area contributed by atoms with Gasteiger partial charge in [-0.25, -0.2) is 8.42 Å². The number of nitro groups is 1. The average Bonchev–Trinajstić information content (AvgIpc) is 2.37. The zero-order valence-electron chi connectivity index (χ0n) is 11.2. The molecule has 9 heteroatoms. The fourth-order valence-electron chi connectivity index (χ4n) is 2.25. The molecule has 1 atom stereocenters. The third kappa shape index (κ3) is 3.41. The first kappa shape index (κ1) is 15.9. The second-order valence-electron chi connectivity index (χ2n) is 4.89. The van der Waals surface area contributed by atoms with Crippen LogP contribution < -0.4 is 0 Å². The van der Waals surface area contributed by atoms with Crippen LogP contribution in [-0.4, -0.2) is 48.2 Å². The molecule has 0 N–H and O–H groups in total. The van der Waals surface area contributed by atoms with Crippen LogP contribution in [0.15, 0.2) is 22.7 Å². The summed E-state index contributed by atoms with van der Waals surface area (Å²) in [4.78, 5) is 24.2. The zero-order valence-corrected chi connectivity index (χ0v) is 13.6. The van der Waals surface area contributed by atoms with Crippen LogP contribution in [-0.2, 0) is 9.84 Å². The Labute approximate surface area is 130 Å². The van der Waals surface area contributed by atoms with Gasteiger partial charge in [0.25, 0.3) is 11.6 Å². The van der Waals surface area contributed by atoms with Crippen molar-refractivity contribution >= 4 is 37.4 Å². The normalized spacial score (nSPS) is 21.0. The Hall–Kier alpha value is -1.48. The number of hydrogen-bond donors (Lipinski definition) is 0. The molecule has 1 unspecified atom stereocenters. The summed E-state index contributed by atoms with van der Waals surface area (Å²) >= 11 is 3.06. The summed E-state index contributed by atoms with van der Waals surface area (Å²) < 4.78 is 23.3. The van der Waals surface area contributed by atoms with Crippen molar-refractivity contribution in [3.63, 3.8) is 0 Å². The molecule has 0 aromatic heterocycles. The standard InChI is InChI=1S/C12H13BrN2O5S/c1-8-7-21(19,20)5-4-14(8)12(16)9-2-3-10(13)11(6-9)15(17)18/h2-3,6,8H,4-5,7H2,1H3. The topological polar surface area (TPSA) is 97.6 Å². The fraction of sp³-hybridized carbons (Fsp3) is 0.417. The molecule has 1 fully saturated rings. The summed E-state index contributed by atoms with van der Waals surface area (Å²) in [5.74, 6) is -0.563. The first-order valence-corrected chi connectivity index (χ1v) is 8.78. The Kier molecular flexibility index (Phi) is 4.33. The predicted octanol–water partition coefficient (Wildman–Crippen LogP) is 1.62. The predicted molar refractivity (Wildman–Crippen MR) is 79.9 cm³/mol. The summed E-state index contributed by atoms with van der Waals surface area (Å²) in [5.41, 5.74) is -0.0193. The molecule has 114 valence electrons. The highest BCUT2D eigenvalue weighted by Gasteiger charge is 2.32. The van der Waals surface area contributed by atoms with Crippen LogP contribution in [0.5, 0.6) is 0 Å². The lowest BCUT2D eigenvalue weighted by molar-refractivity contribution is -0.385. The van der Waals surface area contributed by atoms with Gasteiger partial charge >= 0.3 is 0 Å². The van der Waals surface area contributed by atoms with Gasteiger partial charge in [0.05, 0.1) is 20.9 Å². The molecule has 1 heterocycles. The fourth-order valence-corrected chi connectivity index (χ4v) is 4.20. The van der Waals surface area contributed by atoms with Gasteiger partial charge in [0.2, 0.25) is 0 Å². The molecule has 1 aromatic carbocycles. The van der Waals surface area contributed by atoms with Crippen molar-refractivity contribution in [2.24, 2.45) is 0 Å². The van der Waals surface area contributed by atoms with E-state index >= 15 is 0 Å². The molecule has 1 aromatic rings. The number of nitro benzene ring substituents is 1. The van der Waals surface area contributed by atoms with Crippen molar-refractivity contribution in [1.82, 2.24) is 4.90 Å². The number of benzene rings is 1. The van der Waals surface area contributed by atoms with E-state index in [2.05, 4.69) is 15.9 Å². The largest absolute Gasteiger partial charge is 0.334 e. The number of hydrogen-bond acceptors (Lipinski definition) is 5. The van der Waals surface area contributed by atoms with E-state index < -0.39 is 26.7 Å². The monoisotopic (exact) mass is 376 g/mol. The minimum absolute atomic E-state index is 0.0816. The van der Waals surface area contributed by atoms with Gasteiger partial charge in [0.1, 0.15) is 0 Å². The Balaban J connectivity index is 2.29. The van der Waals surface area contributed by atoms with E-state index in [1.165, 1.54) is 23.1 Å². The van der Waals surface area contributed by atoms with E-state index in [-0.39, 0.29) is 29.3 Å². The van der Waals surface area contributed by atoms with E-state index in [0.717, 1.165) is 0 Å². The molecule has 2 rings (SSSR count). The minimum atomic E-state index is -3.12. The SMILES string of the molecule is CC1CS(=O)(=O)CCN1C(=O)c1ccc(Br)c([N+](=O)[O-])c1. The number of rotatable bonds is 2. The lowest BCUT2D eigenvalue weighted by atomic mass is 10.1. The molecule has 0 bridgehead atoms. The van der Waals surface area contributed by atoms with E-state index in [1.54, 1.807) is 6.92 Å². The highest BCUT2D eigenvalue weighted by Crippen LogP contribution is 2.27. The van der Waals surface area contributed by atoms with Gasteiger partial charge in [0, 0.05) is 24.2 Å². The maximum atomic E-state index is 12.4. The molecule has 1 aliphatic rings. The van der Waals surface area contributed by atoms with Gasteiger partial charge in [-0.2, -0.15) is 0 Å². The summed E-state index contributed by atoms with van der Waals surface area (Å²) in [6.45, 7) is 1.76. The smallest absolute Gasteiger partial charge is 0.284 e. The number of amides is 1. The summed E-state index contributed by atoms with van der Waals surface area (Å²) in [6, 6.07) is 3.67. The van der Waals surface area contributed by atoms with Crippen molar-refractivity contribution < 1.29 is 18.1 Å². The molecule has 0 saturated carbocycles. The quantitative estimate of drug-likeness (QED) is 0.576. The van der Waals surface area contributed by atoms with Gasteiger partial charge in [-0.1, -0.05) is 0 Å². The van der Waals surface area contributed by atoms with E-state index in [0.29, 0.717) is 4.47 Å². The average molecular weight is 377 g/mol. The Morgan fingerprint density at radius 2 is 2.14 bits per heavy atom. The first-order chi connectivity index (χ1) is 9.71. The van der Waals surface area contributed by atoms with Gasteiger partial charge in [-0.3, -0.25) is 14.9 Å². The second kappa shape index (κ2) is 5.72. The lowest BCUT2D eigenvalue weighted by Gasteiger charge is -2.33. The maximum absolute atomic E-state index is 12.4. The maximum Gasteiger partial charge on any atom is 0.284 e. The number of nitrogens with zero attached hydrogens (tertiary/aromatic N) is 2. The molecule has 21 heavy (non-hydrogen) atoms. The van der Waals surface area contributed by atoms with Crippen molar-refractivity contribution in [3.8, 4) is 0 Å². The Morgan fingerprint density at radius 3 is 2.71 bits per heavy atom. The van der Waals surface area contributed by atoms with Crippen molar-refractivity contribution in [1.29, 1.82) is 0 Å². The highest BCUT2D eigenvalue weighted by molar-refractivity contribution is 9.10. The van der Waals surface area contributed by atoms with Gasteiger partial charge in [0.15, 0.2) is 9.84 Å². The summed E-state index contributed by atoms with van der Waals surface area (Å²) in [5, 5.41) is 10.9. The Bertz CT molecular complexity index is 704. The lowest BCUT2D eigenvalue weighted by Crippen LogP contribution is -2.49. The van der Waals surface area contributed by atoms with E-state index in [9.17, 15) is 23.3 Å². The minimum Gasteiger partial charge on any atom is -0.334 e. The van der Waals surface area contributed by atoms with Gasteiger partial charge in [-0.15, -0.1) is 0 Å². The van der Waals surface area contributed by atoms with Crippen LogP contribution in [0.1, 0.15) is 17.3 Å². The number of sulfone groups is 1. The van der Waals surface area contributed by atoms with E-state index in [4.69, 9.17) is 0 Å². The van der Waals surface area contributed by atoms with Crippen LogP contribution in [0.4, 0.5) is 5.69 Å². The third-order valence-electron chi connectivity index (χ3n) is 3.32. The van der Waals surface area contributed by atoms with Crippen LogP contribution in [0.3, 0.4) is 0 Å². The first-order valence-electron chi connectivity index (χ1n) is 6.16. The molecular weight excluding hydrogens is 364 g/mol. The Morgan fingerprint density at radius 1 is 1.48 bits per heavy atom. The van der Waals surface area contributed by atoms with Crippen molar-refractivity contribution in [3.05, 3.63) is 38.3 Å². The van der Waals surface area contributed by atoms with Crippen molar-refractivity contribution in [2.45, 2.75) is 13.0 Å².